The summed E-state index contributed by atoms with van der Waals surface area (Å²) in [6.07, 6.45) is 2.57. The molecule has 2 fully saturated rings. The number of urea groups is 1. The van der Waals surface area contributed by atoms with Gasteiger partial charge in [-0.25, -0.2) is 9.78 Å². The number of likely N-dealkylation sites (tertiary alicyclic amines) is 1. The Labute approximate surface area is 104 Å². The highest BCUT2D eigenvalue weighted by Crippen LogP contribution is 2.37. The smallest absolute Gasteiger partial charge is 0.322 e. The van der Waals surface area contributed by atoms with Crippen molar-refractivity contribution in [1.82, 2.24) is 9.88 Å². The summed E-state index contributed by atoms with van der Waals surface area (Å²) in [5, 5.41) is 3.22. The standard InChI is InChI=1S/C11H12ClN3O2/c12-9-2-1-8(5-13-9)14-10(16)15-4-3-11(15)6-17-7-11/h1-2,5H,3-4,6-7H2,(H,14,16). The van der Waals surface area contributed by atoms with Crippen LogP contribution in [-0.2, 0) is 4.74 Å². The fourth-order valence-electron chi connectivity index (χ4n) is 2.14. The first-order chi connectivity index (χ1) is 8.20. The van der Waals surface area contributed by atoms with Gasteiger partial charge in [0.15, 0.2) is 0 Å². The van der Waals surface area contributed by atoms with E-state index in [1.165, 1.54) is 0 Å². The highest BCUT2D eigenvalue weighted by Gasteiger charge is 2.53. The Morgan fingerprint density at radius 2 is 2.35 bits per heavy atom. The Balaban J connectivity index is 1.65. The van der Waals surface area contributed by atoms with Gasteiger partial charge < -0.3 is 15.0 Å². The maximum Gasteiger partial charge on any atom is 0.322 e. The van der Waals surface area contributed by atoms with Crippen LogP contribution in [0.5, 0.6) is 0 Å². The highest BCUT2D eigenvalue weighted by atomic mass is 35.5. The van der Waals surface area contributed by atoms with E-state index >= 15 is 0 Å². The summed E-state index contributed by atoms with van der Waals surface area (Å²) in [7, 11) is 0. The van der Waals surface area contributed by atoms with Gasteiger partial charge in [-0.2, -0.15) is 0 Å². The molecule has 5 nitrogen and oxygen atoms in total. The molecule has 17 heavy (non-hydrogen) atoms. The zero-order chi connectivity index (χ0) is 11.9. The van der Waals surface area contributed by atoms with Gasteiger partial charge in [-0.1, -0.05) is 11.6 Å². The van der Waals surface area contributed by atoms with Crippen LogP contribution in [0.4, 0.5) is 10.5 Å². The van der Waals surface area contributed by atoms with Crippen LogP contribution in [-0.4, -0.2) is 41.2 Å². The van der Waals surface area contributed by atoms with Crippen LogP contribution in [0, 0.1) is 0 Å². The quantitative estimate of drug-likeness (QED) is 0.776. The molecule has 0 aliphatic carbocycles. The molecule has 3 rings (SSSR count). The normalized spacial score (nSPS) is 20.6. The Kier molecular flexibility index (Phi) is 2.45. The Morgan fingerprint density at radius 3 is 2.82 bits per heavy atom. The third-order valence-corrected chi connectivity index (χ3v) is 3.56. The van der Waals surface area contributed by atoms with Crippen LogP contribution in [0.3, 0.4) is 0 Å². The third-order valence-electron chi connectivity index (χ3n) is 3.34. The fourth-order valence-corrected chi connectivity index (χ4v) is 2.25. The number of aromatic nitrogens is 1. The van der Waals surface area contributed by atoms with Crippen molar-refractivity contribution < 1.29 is 9.53 Å². The lowest BCUT2D eigenvalue weighted by molar-refractivity contribution is -0.168. The third kappa shape index (κ3) is 1.75. The highest BCUT2D eigenvalue weighted by molar-refractivity contribution is 6.29. The van der Waals surface area contributed by atoms with Crippen LogP contribution in [0.2, 0.25) is 5.15 Å². The van der Waals surface area contributed by atoms with E-state index in [0.29, 0.717) is 24.1 Å². The number of hydrogen-bond acceptors (Lipinski definition) is 3. The second-order valence-corrected chi connectivity index (χ2v) is 4.81. The van der Waals surface area contributed by atoms with E-state index in [1.807, 2.05) is 4.90 Å². The number of nitrogens with one attached hydrogen (secondary N) is 1. The number of carbonyl (C=O) groups is 1. The summed E-state index contributed by atoms with van der Waals surface area (Å²) in [5.41, 5.74) is 0.617. The van der Waals surface area contributed by atoms with Crippen molar-refractivity contribution in [2.24, 2.45) is 0 Å². The molecule has 1 aromatic heterocycles. The van der Waals surface area contributed by atoms with Gasteiger partial charge in [0.2, 0.25) is 0 Å². The SMILES string of the molecule is O=C(Nc1ccc(Cl)nc1)N1CCC12COC2. The maximum absolute atomic E-state index is 12.0. The molecular formula is C11H12ClN3O2. The van der Waals surface area contributed by atoms with Gasteiger partial charge in [-0.3, -0.25) is 0 Å². The summed E-state index contributed by atoms with van der Waals surface area (Å²) >= 11 is 5.68. The topological polar surface area (TPSA) is 54.5 Å². The molecule has 2 saturated heterocycles. The lowest BCUT2D eigenvalue weighted by Crippen LogP contribution is -2.72. The summed E-state index contributed by atoms with van der Waals surface area (Å²) in [5.74, 6) is 0. The Morgan fingerprint density at radius 1 is 1.53 bits per heavy atom. The minimum atomic E-state index is -0.0938. The predicted octanol–water partition coefficient (Wildman–Crippen LogP) is 1.74. The fraction of sp³-hybridized carbons (Fsp3) is 0.455. The average Bonchev–Trinajstić information content (AvgIpc) is 2.17. The molecule has 2 aliphatic heterocycles. The summed E-state index contributed by atoms with van der Waals surface area (Å²) in [6.45, 7) is 2.09. The lowest BCUT2D eigenvalue weighted by atomic mass is 9.83. The molecule has 0 atom stereocenters. The summed E-state index contributed by atoms with van der Waals surface area (Å²) in [4.78, 5) is 17.7. The van der Waals surface area contributed by atoms with Crippen LogP contribution >= 0.6 is 11.6 Å². The minimum Gasteiger partial charge on any atom is -0.376 e. The van der Waals surface area contributed by atoms with Crippen LogP contribution in [0.25, 0.3) is 0 Å². The molecule has 90 valence electrons. The van der Waals surface area contributed by atoms with Gasteiger partial charge in [0.25, 0.3) is 0 Å². The van der Waals surface area contributed by atoms with Crippen molar-refractivity contribution in [2.75, 3.05) is 25.1 Å². The number of halogens is 1. The largest absolute Gasteiger partial charge is 0.376 e. The van der Waals surface area contributed by atoms with Crippen molar-refractivity contribution in [2.45, 2.75) is 12.0 Å². The number of pyridine rings is 1. The van der Waals surface area contributed by atoms with E-state index in [4.69, 9.17) is 16.3 Å². The molecule has 1 N–H and O–H groups in total. The second-order valence-electron chi connectivity index (χ2n) is 4.42. The zero-order valence-electron chi connectivity index (χ0n) is 9.15. The first-order valence-corrected chi connectivity index (χ1v) is 5.85. The number of nitrogens with zero attached hydrogens (tertiary/aromatic N) is 2. The molecular weight excluding hydrogens is 242 g/mol. The van der Waals surface area contributed by atoms with Crippen molar-refractivity contribution in [3.05, 3.63) is 23.5 Å². The summed E-state index contributed by atoms with van der Waals surface area (Å²) < 4.78 is 5.17. The van der Waals surface area contributed by atoms with Gasteiger partial charge in [0.05, 0.1) is 30.6 Å². The maximum atomic E-state index is 12.0. The van der Waals surface area contributed by atoms with Crippen LogP contribution in [0.1, 0.15) is 6.42 Å². The molecule has 2 aliphatic rings. The Bertz CT molecular complexity index is 439. The number of ether oxygens (including phenoxy) is 1. The minimum absolute atomic E-state index is 0.0378. The number of rotatable bonds is 1. The van der Waals surface area contributed by atoms with E-state index in [9.17, 15) is 4.79 Å². The number of carbonyl (C=O) groups excluding carboxylic acids is 1. The van der Waals surface area contributed by atoms with Gasteiger partial charge in [0, 0.05) is 6.54 Å². The van der Waals surface area contributed by atoms with E-state index in [2.05, 4.69) is 10.3 Å². The molecule has 1 aromatic rings. The van der Waals surface area contributed by atoms with Gasteiger partial charge in [-0.05, 0) is 18.6 Å². The molecule has 6 heteroatoms. The molecule has 0 aromatic carbocycles. The van der Waals surface area contributed by atoms with Crippen molar-refractivity contribution in [3.63, 3.8) is 0 Å². The molecule has 2 amide bonds. The number of anilines is 1. The van der Waals surface area contributed by atoms with Gasteiger partial charge in [-0.15, -0.1) is 0 Å². The predicted molar refractivity (Wildman–Crippen MR) is 63.1 cm³/mol. The first-order valence-electron chi connectivity index (χ1n) is 5.48. The lowest BCUT2D eigenvalue weighted by Gasteiger charge is -2.57. The first kappa shape index (κ1) is 10.8. The van der Waals surface area contributed by atoms with Gasteiger partial charge in [0.1, 0.15) is 5.15 Å². The molecule has 0 unspecified atom stereocenters. The molecule has 3 heterocycles. The Hall–Kier alpha value is -1.33. The van der Waals surface area contributed by atoms with E-state index in [-0.39, 0.29) is 11.6 Å². The number of hydrogen-bond donors (Lipinski definition) is 1. The van der Waals surface area contributed by atoms with Crippen LogP contribution < -0.4 is 5.32 Å². The average molecular weight is 254 g/mol. The zero-order valence-corrected chi connectivity index (χ0v) is 9.91. The van der Waals surface area contributed by atoms with Gasteiger partial charge >= 0.3 is 6.03 Å². The second kappa shape index (κ2) is 3.85. The van der Waals surface area contributed by atoms with E-state index in [1.54, 1.807) is 18.3 Å². The monoisotopic (exact) mass is 253 g/mol. The van der Waals surface area contributed by atoms with Crippen molar-refractivity contribution in [1.29, 1.82) is 0 Å². The van der Waals surface area contributed by atoms with Crippen LogP contribution in [0.15, 0.2) is 18.3 Å². The van der Waals surface area contributed by atoms with Crippen molar-refractivity contribution in [3.8, 4) is 0 Å². The van der Waals surface area contributed by atoms with E-state index < -0.39 is 0 Å². The molecule has 0 saturated carbocycles. The number of amides is 2. The van der Waals surface area contributed by atoms with E-state index in [0.717, 1.165) is 13.0 Å². The molecule has 0 radical (unpaired) electrons. The molecule has 1 spiro atoms. The summed E-state index contributed by atoms with van der Waals surface area (Å²) in [6, 6.07) is 3.29. The molecule has 0 bridgehead atoms. The van der Waals surface area contributed by atoms with Crippen molar-refractivity contribution >= 4 is 23.3 Å².